The molecule has 0 spiro atoms. The van der Waals surface area contributed by atoms with Crippen LogP contribution in [0.5, 0.6) is 5.75 Å². The molecule has 2 unspecified atom stereocenters. The van der Waals surface area contributed by atoms with Crippen molar-refractivity contribution in [3.05, 3.63) is 65.5 Å². The van der Waals surface area contributed by atoms with Gasteiger partial charge in [-0.1, -0.05) is 24.3 Å². The van der Waals surface area contributed by atoms with E-state index >= 15 is 0 Å². The van der Waals surface area contributed by atoms with Crippen LogP contribution in [-0.4, -0.2) is 61.7 Å². The van der Waals surface area contributed by atoms with Crippen molar-refractivity contribution in [1.29, 1.82) is 0 Å². The van der Waals surface area contributed by atoms with Crippen LogP contribution in [0.1, 0.15) is 17.5 Å². The van der Waals surface area contributed by atoms with Crippen molar-refractivity contribution in [1.82, 2.24) is 9.80 Å². The number of carbonyl (C=O) groups excluding carboxylic acids is 1. The van der Waals surface area contributed by atoms with Crippen LogP contribution < -0.4 is 4.74 Å². The smallest absolute Gasteiger partial charge is 0.227 e. The highest BCUT2D eigenvalue weighted by atomic mass is 35.5. The molecule has 0 bridgehead atoms. The lowest BCUT2D eigenvalue weighted by Crippen LogP contribution is -2.54. The van der Waals surface area contributed by atoms with E-state index in [9.17, 15) is 14.3 Å². The second kappa shape index (κ2) is 10.2. The van der Waals surface area contributed by atoms with Gasteiger partial charge in [0.2, 0.25) is 5.91 Å². The number of rotatable bonds is 6. The van der Waals surface area contributed by atoms with Crippen LogP contribution >= 0.6 is 12.4 Å². The quantitative estimate of drug-likeness (QED) is 0.756. The van der Waals surface area contributed by atoms with E-state index in [4.69, 9.17) is 4.74 Å². The summed E-state index contributed by atoms with van der Waals surface area (Å²) in [6.07, 6.45) is 0.595. The third kappa shape index (κ3) is 5.50. The number of benzene rings is 2. The molecule has 0 aliphatic carbocycles. The number of methoxy groups -OCH3 is 1. The molecular formula is C23H30ClFN2O3. The summed E-state index contributed by atoms with van der Waals surface area (Å²) in [5.74, 6) is 0.151. The van der Waals surface area contributed by atoms with Gasteiger partial charge < -0.3 is 19.6 Å². The standard InChI is InChI=1S/C23H29FN2O3.ClH/c1-25(2)15-19-16-26(22(27)13-17-6-4-8-20(24)12-17)11-10-23(19,28)18-7-5-9-21(14-18)29-3;/h4-9,12,14,19,28H,10-11,13,15-16H2,1-3H3;1H. The molecular weight excluding hydrogens is 407 g/mol. The number of hydrogen-bond acceptors (Lipinski definition) is 4. The molecule has 0 aromatic heterocycles. The number of likely N-dealkylation sites (tertiary alicyclic amines) is 1. The van der Waals surface area contributed by atoms with Crippen LogP contribution in [0.3, 0.4) is 0 Å². The third-order valence-electron chi connectivity index (χ3n) is 5.63. The Morgan fingerprint density at radius 3 is 2.67 bits per heavy atom. The highest BCUT2D eigenvalue weighted by Crippen LogP contribution is 2.39. The van der Waals surface area contributed by atoms with Gasteiger partial charge in [-0.3, -0.25) is 4.79 Å². The maximum absolute atomic E-state index is 13.4. The third-order valence-corrected chi connectivity index (χ3v) is 5.63. The molecule has 2 aromatic carbocycles. The summed E-state index contributed by atoms with van der Waals surface area (Å²) in [5.41, 5.74) is 0.419. The van der Waals surface area contributed by atoms with E-state index in [1.54, 1.807) is 24.1 Å². The van der Waals surface area contributed by atoms with Crippen molar-refractivity contribution in [2.75, 3.05) is 40.8 Å². The second-order valence-electron chi connectivity index (χ2n) is 8.01. The van der Waals surface area contributed by atoms with Crippen LogP contribution in [0.2, 0.25) is 0 Å². The average molecular weight is 437 g/mol. The van der Waals surface area contributed by atoms with Crippen LogP contribution in [0.25, 0.3) is 0 Å². The lowest BCUT2D eigenvalue weighted by atomic mass is 9.75. The number of ether oxygens (including phenoxy) is 1. The minimum Gasteiger partial charge on any atom is -0.497 e. The number of carbonyl (C=O) groups is 1. The summed E-state index contributed by atoms with van der Waals surface area (Å²) < 4.78 is 18.8. The van der Waals surface area contributed by atoms with Crippen molar-refractivity contribution >= 4 is 18.3 Å². The molecule has 1 fully saturated rings. The molecule has 2 atom stereocenters. The molecule has 2 aromatic rings. The molecule has 1 heterocycles. The molecule has 5 nitrogen and oxygen atoms in total. The van der Waals surface area contributed by atoms with Crippen LogP contribution in [0.15, 0.2) is 48.5 Å². The number of hydrogen-bond donors (Lipinski definition) is 1. The van der Waals surface area contributed by atoms with Crippen molar-refractivity contribution in [3.8, 4) is 5.75 Å². The minimum absolute atomic E-state index is 0. The Kier molecular flexibility index (Phi) is 8.24. The van der Waals surface area contributed by atoms with Crippen molar-refractivity contribution in [2.24, 2.45) is 5.92 Å². The monoisotopic (exact) mass is 436 g/mol. The van der Waals surface area contributed by atoms with Gasteiger partial charge in [-0.15, -0.1) is 12.4 Å². The van der Waals surface area contributed by atoms with E-state index in [1.807, 2.05) is 43.3 Å². The van der Waals surface area contributed by atoms with Gasteiger partial charge in [-0.25, -0.2) is 4.39 Å². The fourth-order valence-electron chi connectivity index (χ4n) is 4.10. The first kappa shape index (κ1) is 24.1. The first-order valence-electron chi connectivity index (χ1n) is 9.85. The SMILES string of the molecule is COc1cccc(C2(O)CCN(C(=O)Cc3cccc(F)c3)CC2CN(C)C)c1.Cl. The summed E-state index contributed by atoms with van der Waals surface area (Å²) in [6, 6.07) is 13.6. The van der Waals surface area contributed by atoms with Gasteiger partial charge >= 0.3 is 0 Å². The molecule has 1 saturated heterocycles. The largest absolute Gasteiger partial charge is 0.497 e. The zero-order valence-corrected chi connectivity index (χ0v) is 18.5. The lowest BCUT2D eigenvalue weighted by Gasteiger charge is -2.46. The van der Waals surface area contributed by atoms with Crippen molar-refractivity contribution in [3.63, 3.8) is 0 Å². The molecule has 1 aliphatic heterocycles. The Morgan fingerprint density at radius 1 is 1.27 bits per heavy atom. The van der Waals surface area contributed by atoms with Gasteiger partial charge in [0.1, 0.15) is 11.6 Å². The zero-order valence-electron chi connectivity index (χ0n) is 17.7. The number of aliphatic hydroxyl groups is 1. The summed E-state index contributed by atoms with van der Waals surface area (Å²) in [5, 5.41) is 11.6. The topological polar surface area (TPSA) is 53.0 Å². The normalized spacial score (nSPS) is 21.3. The minimum atomic E-state index is -1.05. The predicted molar refractivity (Wildman–Crippen MR) is 117 cm³/mol. The number of piperidine rings is 1. The van der Waals surface area contributed by atoms with E-state index in [1.165, 1.54) is 12.1 Å². The van der Waals surface area contributed by atoms with Gasteiger partial charge in [0, 0.05) is 25.6 Å². The number of halogens is 2. The molecule has 0 saturated carbocycles. The highest BCUT2D eigenvalue weighted by Gasteiger charge is 2.44. The maximum Gasteiger partial charge on any atom is 0.227 e. The molecule has 1 amide bonds. The first-order valence-corrected chi connectivity index (χ1v) is 9.85. The van der Waals surface area contributed by atoms with Gasteiger partial charge in [0.25, 0.3) is 0 Å². The number of nitrogens with zero attached hydrogens (tertiary/aromatic N) is 2. The first-order chi connectivity index (χ1) is 13.8. The van der Waals surface area contributed by atoms with Crippen molar-refractivity contribution in [2.45, 2.75) is 18.4 Å². The fraction of sp³-hybridized carbons (Fsp3) is 0.435. The molecule has 30 heavy (non-hydrogen) atoms. The van der Waals surface area contributed by atoms with E-state index in [2.05, 4.69) is 0 Å². The summed E-state index contributed by atoms with van der Waals surface area (Å²) in [7, 11) is 5.52. The Morgan fingerprint density at radius 2 is 2.00 bits per heavy atom. The highest BCUT2D eigenvalue weighted by molar-refractivity contribution is 5.85. The van der Waals surface area contributed by atoms with Crippen LogP contribution in [0.4, 0.5) is 4.39 Å². The van der Waals surface area contributed by atoms with Gasteiger partial charge in [0.15, 0.2) is 0 Å². The van der Waals surface area contributed by atoms with Gasteiger partial charge in [-0.2, -0.15) is 0 Å². The Balaban J connectivity index is 0.00000320. The fourth-order valence-corrected chi connectivity index (χ4v) is 4.10. The van der Waals surface area contributed by atoms with Crippen molar-refractivity contribution < 1.29 is 19.0 Å². The van der Waals surface area contributed by atoms with Crippen LogP contribution in [-0.2, 0) is 16.8 Å². The Bertz CT molecular complexity index is 864. The molecule has 3 rings (SSSR count). The second-order valence-corrected chi connectivity index (χ2v) is 8.01. The summed E-state index contributed by atoms with van der Waals surface area (Å²) in [4.78, 5) is 16.7. The molecule has 0 radical (unpaired) electrons. The zero-order chi connectivity index (χ0) is 21.0. The van der Waals surface area contributed by atoms with E-state index in [0.29, 0.717) is 37.4 Å². The van der Waals surface area contributed by atoms with Gasteiger partial charge in [-0.05, 0) is 55.9 Å². The average Bonchev–Trinajstić information content (AvgIpc) is 2.69. The molecule has 164 valence electrons. The van der Waals surface area contributed by atoms with Gasteiger partial charge in [0.05, 0.1) is 19.1 Å². The molecule has 1 N–H and O–H groups in total. The maximum atomic E-state index is 13.4. The molecule has 1 aliphatic rings. The lowest BCUT2D eigenvalue weighted by molar-refractivity contribution is -0.141. The Labute approximate surface area is 183 Å². The van der Waals surface area contributed by atoms with Crippen LogP contribution in [0, 0.1) is 11.7 Å². The van der Waals surface area contributed by atoms with E-state index in [0.717, 1.165) is 5.56 Å². The van der Waals surface area contributed by atoms with E-state index in [-0.39, 0.29) is 36.5 Å². The summed E-state index contributed by atoms with van der Waals surface area (Å²) in [6.45, 7) is 1.53. The number of amides is 1. The molecule has 7 heteroatoms. The predicted octanol–water partition coefficient (Wildman–Crippen LogP) is 3.10. The Hall–Kier alpha value is -2.15. The summed E-state index contributed by atoms with van der Waals surface area (Å²) >= 11 is 0. The van der Waals surface area contributed by atoms with E-state index < -0.39 is 5.60 Å².